The zero-order valence-electron chi connectivity index (χ0n) is 8.51. The first kappa shape index (κ1) is 9.58. The zero-order chi connectivity index (χ0) is 10.5. The van der Waals surface area contributed by atoms with Gasteiger partial charge < -0.3 is 5.32 Å². The van der Waals surface area contributed by atoms with Crippen molar-refractivity contribution in [1.29, 1.82) is 0 Å². The van der Waals surface area contributed by atoms with Crippen LogP contribution in [0.1, 0.15) is 11.4 Å². The molecular weight excluding hydrogens is 188 g/mol. The standard InChI is InChI=1S/C11H12N4/c1-12-10-4-7-14-11(15-10)8-9-2-5-13-6-3-9/h2-7H,8H2,1H3,(H,12,14,15). The third kappa shape index (κ3) is 2.49. The summed E-state index contributed by atoms with van der Waals surface area (Å²) in [5.74, 6) is 1.65. The SMILES string of the molecule is CNc1ccnc(Cc2ccncc2)n1. The molecule has 0 aliphatic heterocycles. The van der Waals surface area contributed by atoms with Crippen LogP contribution in [0.4, 0.5) is 5.82 Å². The Labute approximate surface area is 88.4 Å². The van der Waals surface area contributed by atoms with Crippen molar-refractivity contribution in [2.75, 3.05) is 12.4 Å². The Bertz CT molecular complexity index is 428. The number of nitrogens with zero attached hydrogens (tertiary/aromatic N) is 3. The van der Waals surface area contributed by atoms with Crippen molar-refractivity contribution in [2.24, 2.45) is 0 Å². The van der Waals surface area contributed by atoms with Crippen LogP contribution in [0.15, 0.2) is 36.8 Å². The van der Waals surface area contributed by atoms with Gasteiger partial charge in [0.1, 0.15) is 11.6 Å². The average molecular weight is 200 g/mol. The molecule has 0 bridgehead atoms. The molecule has 76 valence electrons. The number of nitrogens with one attached hydrogen (secondary N) is 1. The molecule has 2 aromatic rings. The van der Waals surface area contributed by atoms with Crippen molar-refractivity contribution in [3.8, 4) is 0 Å². The molecule has 0 aliphatic carbocycles. The van der Waals surface area contributed by atoms with Crippen molar-refractivity contribution >= 4 is 5.82 Å². The minimum absolute atomic E-state index is 0.734. The lowest BCUT2D eigenvalue weighted by Crippen LogP contribution is -2.00. The van der Waals surface area contributed by atoms with E-state index in [0.717, 1.165) is 18.1 Å². The van der Waals surface area contributed by atoms with E-state index in [1.807, 2.05) is 25.2 Å². The summed E-state index contributed by atoms with van der Waals surface area (Å²) in [4.78, 5) is 12.5. The lowest BCUT2D eigenvalue weighted by atomic mass is 10.2. The molecule has 0 fully saturated rings. The molecule has 0 unspecified atom stereocenters. The number of aromatic nitrogens is 3. The molecular formula is C11H12N4. The molecule has 0 atom stereocenters. The maximum absolute atomic E-state index is 4.34. The van der Waals surface area contributed by atoms with Crippen LogP contribution in [0.25, 0.3) is 0 Å². The molecule has 4 heteroatoms. The molecule has 15 heavy (non-hydrogen) atoms. The average Bonchev–Trinajstić information content (AvgIpc) is 2.31. The highest BCUT2D eigenvalue weighted by Gasteiger charge is 1.99. The van der Waals surface area contributed by atoms with Gasteiger partial charge in [-0.05, 0) is 23.8 Å². The summed E-state index contributed by atoms with van der Waals surface area (Å²) in [7, 11) is 1.85. The summed E-state index contributed by atoms with van der Waals surface area (Å²) < 4.78 is 0. The first-order valence-electron chi connectivity index (χ1n) is 4.77. The Morgan fingerprint density at radius 3 is 2.67 bits per heavy atom. The van der Waals surface area contributed by atoms with Crippen LogP contribution >= 0.6 is 0 Å². The number of hydrogen-bond donors (Lipinski definition) is 1. The van der Waals surface area contributed by atoms with Crippen LogP contribution in [-0.4, -0.2) is 22.0 Å². The summed E-state index contributed by atoms with van der Waals surface area (Å²) in [6.07, 6.45) is 6.04. The maximum atomic E-state index is 4.34. The van der Waals surface area contributed by atoms with Gasteiger partial charge in [0, 0.05) is 32.1 Å². The van der Waals surface area contributed by atoms with Crippen molar-refractivity contribution in [3.63, 3.8) is 0 Å². The van der Waals surface area contributed by atoms with Crippen molar-refractivity contribution < 1.29 is 0 Å². The van der Waals surface area contributed by atoms with Gasteiger partial charge in [-0.2, -0.15) is 0 Å². The van der Waals surface area contributed by atoms with E-state index < -0.39 is 0 Å². The van der Waals surface area contributed by atoms with Crippen LogP contribution < -0.4 is 5.32 Å². The molecule has 0 saturated heterocycles. The van der Waals surface area contributed by atoms with E-state index in [0.29, 0.717) is 0 Å². The minimum Gasteiger partial charge on any atom is -0.373 e. The van der Waals surface area contributed by atoms with Gasteiger partial charge in [0.2, 0.25) is 0 Å². The van der Waals surface area contributed by atoms with E-state index in [1.54, 1.807) is 18.6 Å². The maximum Gasteiger partial charge on any atom is 0.135 e. The van der Waals surface area contributed by atoms with Crippen LogP contribution in [0.2, 0.25) is 0 Å². The molecule has 2 rings (SSSR count). The van der Waals surface area contributed by atoms with E-state index in [1.165, 1.54) is 5.56 Å². The molecule has 0 amide bonds. The normalized spacial score (nSPS) is 9.93. The second kappa shape index (κ2) is 4.50. The molecule has 1 N–H and O–H groups in total. The lowest BCUT2D eigenvalue weighted by Gasteiger charge is -2.02. The first-order chi connectivity index (χ1) is 7.38. The van der Waals surface area contributed by atoms with Gasteiger partial charge in [-0.3, -0.25) is 4.98 Å². The predicted molar refractivity (Wildman–Crippen MR) is 58.6 cm³/mol. The third-order valence-corrected chi connectivity index (χ3v) is 2.07. The Morgan fingerprint density at radius 2 is 1.93 bits per heavy atom. The number of hydrogen-bond acceptors (Lipinski definition) is 4. The van der Waals surface area contributed by atoms with Gasteiger partial charge in [0.05, 0.1) is 0 Å². The Hall–Kier alpha value is -1.97. The Morgan fingerprint density at radius 1 is 1.13 bits per heavy atom. The minimum atomic E-state index is 0.734. The highest BCUT2D eigenvalue weighted by atomic mass is 15.0. The topological polar surface area (TPSA) is 50.7 Å². The van der Waals surface area contributed by atoms with Gasteiger partial charge in [-0.1, -0.05) is 0 Å². The smallest absolute Gasteiger partial charge is 0.135 e. The van der Waals surface area contributed by atoms with Crippen molar-refractivity contribution in [3.05, 3.63) is 48.2 Å². The van der Waals surface area contributed by atoms with Gasteiger partial charge in [0.25, 0.3) is 0 Å². The fraction of sp³-hybridized carbons (Fsp3) is 0.182. The lowest BCUT2D eigenvalue weighted by molar-refractivity contribution is 0.966. The van der Waals surface area contributed by atoms with Gasteiger partial charge in [-0.25, -0.2) is 9.97 Å². The van der Waals surface area contributed by atoms with Gasteiger partial charge >= 0.3 is 0 Å². The molecule has 0 spiro atoms. The number of pyridine rings is 1. The second-order valence-electron chi connectivity index (χ2n) is 3.14. The van der Waals surface area contributed by atoms with Crippen molar-refractivity contribution in [1.82, 2.24) is 15.0 Å². The first-order valence-corrected chi connectivity index (χ1v) is 4.77. The molecule has 4 nitrogen and oxygen atoms in total. The van der Waals surface area contributed by atoms with E-state index in [2.05, 4.69) is 20.3 Å². The highest BCUT2D eigenvalue weighted by Crippen LogP contribution is 2.06. The van der Waals surface area contributed by atoms with E-state index in [9.17, 15) is 0 Å². The summed E-state index contributed by atoms with van der Waals surface area (Å²) >= 11 is 0. The number of anilines is 1. The fourth-order valence-electron chi connectivity index (χ4n) is 1.31. The summed E-state index contributed by atoms with van der Waals surface area (Å²) in [5, 5.41) is 2.99. The zero-order valence-corrected chi connectivity index (χ0v) is 8.51. The molecule has 2 aromatic heterocycles. The quantitative estimate of drug-likeness (QED) is 0.815. The highest BCUT2D eigenvalue weighted by molar-refractivity contribution is 5.32. The fourth-order valence-corrected chi connectivity index (χ4v) is 1.31. The molecule has 0 aromatic carbocycles. The van der Waals surface area contributed by atoms with Crippen LogP contribution in [0, 0.1) is 0 Å². The summed E-state index contributed by atoms with van der Waals surface area (Å²) in [5.41, 5.74) is 1.17. The number of rotatable bonds is 3. The largest absolute Gasteiger partial charge is 0.373 e. The van der Waals surface area contributed by atoms with Crippen molar-refractivity contribution in [2.45, 2.75) is 6.42 Å². The van der Waals surface area contributed by atoms with E-state index in [4.69, 9.17) is 0 Å². The summed E-state index contributed by atoms with van der Waals surface area (Å²) in [6, 6.07) is 5.78. The van der Waals surface area contributed by atoms with Gasteiger partial charge in [0.15, 0.2) is 0 Å². The monoisotopic (exact) mass is 200 g/mol. The summed E-state index contributed by atoms with van der Waals surface area (Å²) in [6.45, 7) is 0. The predicted octanol–water partition coefficient (Wildman–Crippen LogP) is 1.50. The molecule has 0 saturated carbocycles. The van der Waals surface area contributed by atoms with Gasteiger partial charge in [-0.15, -0.1) is 0 Å². The van der Waals surface area contributed by atoms with Crippen LogP contribution in [-0.2, 0) is 6.42 Å². The molecule has 0 aliphatic rings. The third-order valence-electron chi connectivity index (χ3n) is 2.07. The Balaban J connectivity index is 2.17. The Kier molecular flexibility index (Phi) is 2.88. The second-order valence-corrected chi connectivity index (χ2v) is 3.14. The van der Waals surface area contributed by atoms with E-state index >= 15 is 0 Å². The molecule has 2 heterocycles. The van der Waals surface area contributed by atoms with Crippen LogP contribution in [0.5, 0.6) is 0 Å². The molecule has 0 radical (unpaired) electrons. The van der Waals surface area contributed by atoms with Crippen LogP contribution in [0.3, 0.4) is 0 Å². The van der Waals surface area contributed by atoms with E-state index in [-0.39, 0.29) is 0 Å².